The lowest BCUT2D eigenvalue weighted by Gasteiger charge is -2.27. The summed E-state index contributed by atoms with van der Waals surface area (Å²) in [5.41, 5.74) is 4.52. The van der Waals surface area contributed by atoms with E-state index >= 15 is 0 Å². The standard InChI is InChI=1S/C27H29N3O3/c1-18(31)28-21-14-12-20(13-15-21)24-25(29-17-16-19-8-6-7-11-23(19)29)27(33)30(26(24)32)22-9-4-2-3-5-10-22/h6-8,11-15,22H,2-5,9-10,16-17H2,1H3,(H,28,31). The van der Waals surface area contributed by atoms with Gasteiger partial charge in [0.25, 0.3) is 11.8 Å². The van der Waals surface area contributed by atoms with Crippen LogP contribution >= 0.6 is 0 Å². The van der Waals surface area contributed by atoms with Crippen LogP contribution in [0, 0.1) is 0 Å². The molecule has 1 fully saturated rings. The van der Waals surface area contributed by atoms with Crippen molar-refractivity contribution in [2.45, 2.75) is 57.9 Å². The van der Waals surface area contributed by atoms with Crippen LogP contribution in [0.1, 0.15) is 56.6 Å². The van der Waals surface area contributed by atoms with Gasteiger partial charge in [0.15, 0.2) is 0 Å². The number of rotatable bonds is 4. The molecule has 0 radical (unpaired) electrons. The Morgan fingerprint density at radius 1 is 0.909 bits per heavy atom. The minimum absolute atomic E-state index is 0.0449. The summed E-state index contributed by atoms with van der Waals surface area (Å²) in [5.74, 6) is -0.522. The number of fused-ring (bicyclic) bond motifs is 1. The highest BCUT2D eigenvalue weighted by molar-refractivity contribution is 6.37. The number of anilines is 2. The van der Waals surface area contributed by atoms with E-state index in [9.17, 15) is 14.4 Å². The van der Waals surface area contributed by atoms with Gasteiger partial charge in [-0.2, -0.15) is 0 Å². The molecule has 6 heteroatoms. The van der Waals surface area contributed by atoms with Gasteiger partial charge in [-0.25, -0.2) is 0 Å². The van der Waals surface area contributed by atoms with Crippen LogP contribution in [0.2, 0.25) is 0 Å². The third-order valence-corrected chi connectivity index (χ3v) is 6.93. The van der Waals surface area contributed by atoms with Crippen molar-refractivity contribution < 1.29 is 14.4 Å². The first kappa shape index (κ1) is 21.4. The molecule has 2 aromatic rings. The zero-order valence-electron chi connectivity index (χ0n) is 19.0. The lowest BCUT2D eigenvalue weighted by atomic mass is 10.0. The van der Waals surface area contributed by atoms with Gasteiger partial charge >= 0.3 is 0 Å². The molecule has 6 nitrogen and oxygen atoms in total. The van der Waals surface area contributed by atoms with Gasteiger partial charge in [0.05, 0.1) is 5.57 Å². The van der Waals surface area contributed by atoms with Crippen molar-refractivity contribution in [1.29, 1.82) is 0 Å². The van der Waals surface area contributed by atoms with Gasteiger partial charge < -0.3 is 10.2 Å². The first-order chi connectivity index (χ1) is 16.0. The largest absolute Gasteiger partial charge is 0.336 e. The Morgan fingerprint density at radius 2 is 1.61 bits per heavy atom. The summed E-state index contributed by atoms with van der Waals surface area (Å²) in [4.78, 5) is 42.7. The van der Waals surface area contributed by atoms with Gasteiger partial charge in [0.1, 0.15) is 5.70 Å². The molecule has 1 aliphatic carbocycles. The molecule has 3 aliphatic rings. The van der Waals surface area contributed by atoms with Crippen LogP contribution in [0.15, 0.2) is 54.2 Å². The maximum absolute atomic E-state index is 13.9. The number of nitrogens with zero attached hydrogens (tertiary/aromatic N) is 2. The van der Waals surface area contributed by atoms with Crippen molar-refractivity contribution in [3.8, 4) is 0 Å². The molecule has 0 bridgehead atoms. The molecule has 2 aliphatic heterocycles. The average Bonchev–Trinajstić information content (AvgIpc) is 3.19. The molecular weight excluding hydrogens is 414 g/mol. The molecule has 0 unspecified atom stereocenters. The van der Waals surface area contributed by atoms with E-state index < -0.39 is 0 Å². The van der Waals surface area contributed by atoms with Gasteiger partial charge in [-0.15, -0.1) is 0 Å². The number of hydrogen-bond donors (Lipinski definition) is 1. The summed E-state index contributed by atoms with van der Waals surface area (Å²) >= 11 is 0. The first-order valence-electron chi connectivity index (χ1n) is 11.9. The number of carbonyl (C=O) groups excluding carboxylic acids is 3. The van der Waals surface area contributed by atoms with Crippen LogP contribution in [0.25, 0.3) is 5.57 Å². The summed E-state index contributed by atoms with van der Waals surface area (Å²) in [6.07, 6.45) is 6.99. The average molecular weight is 444 g/mol. The van der Waals surface area contributed by atoms with E-state index in [1.807, 2.05) is 35.2 Å². The number of benzene rings is 2. The number of hydrogen-bond acceptors (Lipinski definition) is 4. The molecule has 170 valence electrons. The summed E-state index contributed by atoms with van der Waals surface area (Å²) < 4.78 is 0. The van der Waals surface area contributed by atoms with Gasteiger partial charge in [-0.3, -0.25) is 19.3 Å². The molecule has 1 N–H and O–H groups in total. The smallest absolute Gasteiger partial charge is 0.278 e. The number of imide groups is 1. The fourth-order valence-corrected chi connectivity index (χ4v) is 5.39. The molecule has 5 rings (SSSR count). The minimum Gasteiger partial charge on any atom is -0.336 e. The second-order valence-electron chi connectivity index (χ2n) is 9.14. The van der Waals surface area contributed by atoms with E-state index in [4.69, 9.17) is 0 Å². The second kappa shape index (κ2) is 8.85. The number of nitrogens with one attached hydrogen (secondary N) is 1. The predicted molar refractivity (Wildman–Crippen MR) is 129 cm³/mol. The van der Waals surface area contributed by atoms with Crippen molar-refractivity contribution in [1.82, 2.24) is 4.90 Å². The Labute approximate surface area is 194 Å². The third kappa shape index (κ3) is 3.94. The van der Waals surface area contributed by atoms with Crippen LogP contribution < -0.4 is 10.2 Å². The Balaban J connectivity index is 1.58. The Bertz CT molecular complexity index is 1130. The Morgan fingerprint density at radius 3 is 2.30 bits per heavy atom. The lowest BCUT2D eigenvalue weighted by molar-refractivity contribution is -0.139. The zero-order valence-corrected chi connectivity index (χ0v) is 19.0. The quantitative estimate of drug-likeness (QED) is 0.558. The monoisotopic (exact) mass is 443 g/mol. The maximum atomic E-state index is 13.9. The molecule has 2 aromatic carbocycles. The molecule has 0 saturated heterocycles. The molecule has 1 saturated carbocycles. The van der Waals surface area contributed by atoms with Crippen LogP contribution in [0.4, 0.5) is 11.4 Å². The van der Waals surface area contributed by atoms with Crippen molar-refractivity contribution in [3.05, 3.63) is 65.4 Å². The number of amides is 3. The third-order valence-electron chi connectivity index (χ3n) is 6.93. The maximum Gasteiger partial charge on any atom is 0.278 e. The van der Waals surface area contributed by atoms with Crippen molar-refractivity contribution in [2.75, 3.05) is 16.8 Å². The van der Waals surface area contributed by atoms with Crippen molar-refractivity contribution in [3.63, 3.8) is 0 Å². The fourth-order valence-electron chi connectivity index (χ4n) is 5.39. The number of para-hydroxylation sites is 1. The first-order valence-corrected chi connectivity index (χ1v) is 11.9. The summed E-state index contributed by atoms with van der Waals surface area (Å²) in [6, 6.07) is 15.3. The van der Waals surface area contributed by atoms with Crippen molar-refractivity contribution in [2.24, 2.45) is 0 Å². The highest BCUT2D eigenvalue weighted by Crippen LogP contribution is 2.40. The predicted octanol–water partition coefficient (Wildman–Crippen LogP) is 4.51. The van der Waals surface area contributed by atoms with E-state index in [-0.39, 0.29) is 23.8 Å². The number of carbonyl (C=O) groups is 3. The van der Waals surface area contributed by atoms with Gasteiger partial charge in [0.2, 0.25) is 5.91 Å². The van der Waals surface area contributed by atoms with E-state index in [1.165, 1.54) is 12.5 Å². The lowest BCUT2D eigenvalue weighted by Crippen LogP contribution is -2.42. The normalized spacial score (nSPS) is 19.2. The molecule has 0 atom stereocenters. The molecule has 33 heavy (non-hydrogen) atoms. The highest BCUT2D eigenvalue weighted by Gasteiger charge is 2.45. The van der Waals surface area contributed by atoms with Crippen molar-refractivity contribution >= 4 is 34.7 Å². The van der Waals surface area contributed by atoms with E-state index in [2.05, 4.69) is 11.4 Å². The molecule has 3 amide bonds. The van der Waals surface area contributed by atoms with Crippen LogP contribution in [-0.2, 0) is 20.8 Å². The summed E-state index contributed by atoms with van der Waals surface area (Å²) in [6.45, 7) is 2.14. The summed E-state index contributed by atoms with van der Waals surface area (Å²) in [7, 11) is 0. The fraction of sp³-hybridized carbons (Fsp3) is 0.370. The van der Waals surface area contributed by atoms with Gasteiger partial charge in [-0.05, 0) is 48.6 Å². The van der Waals surface area contributed by atoms with E-state index in [0.717, 1.165) is 50.6 Å². The summed E-state index contributed by atoms with van der Waals surface area (Å²) in [5, 5.41) is 2.76. The molecule has 0 aromatic heterocycles. The van der Waals surface area contributed by atoms with Crippen LogP contribution in [-0.4, -0.2) is 35.2 Å². The second-order valence-corrected chi connectivity index (χ2v) is 9.14. The highest BCUT2D eigenvalue weighted by atomic mass is 16.2. The SMILES string of the molecule is CC(=O)Nc1ccc(C2=C(N3CCc4ccccc43)C(=O)N(C3CCCCCC3)C2=O)cc1. The van der Waals surface area contributed by atoms with E-state index in [0.29, 0.717) is 29.1 Å². The minimum atomic E-state index is -0.196. The van der Waals surface area contributed by atoms with E-state index in [1.54, 1.807) is 17.0 Å². The Hall–Kier alpha value is -3.41. The van der Waals surface area contributed by atoms with Gasteiger partial charge in [-0.1, -0.05) is 56.0 Å². The molecular formula is C27H29N3O3. The van der Waals surface area contributed by atoms with Gasteiger partial charge in [0, 0.05) is 30.9 Å². The molecule has 0 spiro atoms. The van der Waals surface area contributed by atoms with Crippen LogP contribution in [0.3, 0.4) is 0 Å². The van der Waals surface area contributed by atoms with Crippen LogP contribution in [0.5, 0.6) is 0 Å². The Kier molecular flexibility index (Phi) is 5.75. The molecule has 2 heterocycles. The zero-order chi connectivity index (χ0) is 22.9. The topological polar surface area (TPSA) is 69.7 Å².